The summed E-state index contributed by atoms with van der Waals surface area (Å²) in [6, 6.07) is 7.48. The van der Waals surface area contributed by atoms with Crippen LogP contribution < -0.4 is 15.5 Å². The van der Waals surface area contributed by atoms with Crippen molar-refractivity contribution in [2.45, 2.75) is 6.92 Å². The first-order chi connectivity index (χ1) is 14.5. The molecule has 1 amide bonds. The van der Waals surface area contributed by atoms with E-state index in [1.165, 1.54) is 0 Å². The molecule has 1 aromatic heterocycles. The van der Waals surface area contributed by atoms with Gasteiger partial charge in [-0.1, -0.05) is 6.07 Å². The predicted molar refractivity (Wildman–Crippen MR) is 124 cm³/mol. The molecule has 7 nitrogen and oxygen atoms in total. The number of hydrogen-bond acceptors (Lipinski definition) is 4. The molecule has 1 aliphatic heterocycles. The summed E-state index contributed by atoms with van der Waals surface area (Å²) in [6.07, 6.45) is 1.75. The Hall–Kier alpha value is -2.57. The molecule has 0 radical (unpaired) electrons. The minimum Gasteiger partial charge on any atom is -0.357 e. The minimum atomic E-state index is -1.63. The molecule has 2 aromatic rings. The van der Waals surface area contributed by atoms with Crippen molar-refractivity contribution in [1.82, 2.24) is 15.2 Å². The van der Waals surface area contributed by atoms with Gasteiger partial charge < -0.3 is 20.4 Å². The Kier molecular flexibility index (Phi) is 9.34. The monoisotopic (exact) mass is 548 g/mol. The van der Waals surface area contributed by atoms with Gasteiger partial charge in [0.25, 0.3) is 0 Å². The van der Waals surface area contributed by atoms with Gasteiger partial charge in [-0.25, -0.2) is 23.1 Å². The van der Waals surface area contributed by atoms with Crippen LogP contribution >= 0.6 is 24.0 Å². The van der Waals surface area contributed by atoms with Gasteiger partial charge in [0, 0.05) is 38.9 Å². The van der Waals surface area contributed by atoms with E-state index in [4.69, 9.17) is 0 Å². The normalized spacial score (nSPS) is 14.1. The summed E-state index contributed by atoms with van der Waals surface area (Å²) in [4.78, 5) is 25.0. The third kappa shape index (κ3) is 6.45. The van der Waals surface area contributed by atoms with E-state index in [0.29, 0.717) is 25.6 Å². The van der Waals surface area contributed by atoms with E-state index in [1.807, 2.05) is 30.0 Å². The first kappa shape index (κ1) is 24.7. The van der Waals surface area contributed by atoms with Crippen molar-refractivity contribution in [2.24, 2.45) is 4.99 Å². The predicted octanol–water partition coefficient (Wildman–Crippen LogP) is 2.84. The van der Waals surface area contributed by atoms with E-state index in [-0.39, 0.29) is 30.5 Å². The van der Waals surface area contributed by atoms with Crippen LogP contribution in [0.3, 0.4) is 0 Å². The second kappa shape index (κ2) is 11.7. The molecule has 0 atom stereocenters. The Bertz CT molecular complexity index is 907. The summed E-state index contributed by atoms with van der Waals surface area (Å²) in [6.45, 7) is 5.08. The molecule has 2 heterocycles. The van der Waals surface area contributed by atoms with E-state index in [0.717, 1.165) is 31.0 Å². The first-order valence-electron chi connectivity index (χ1n) is 9.62. The van der Waals surface area contributed by atoms with Crippen LogP contribution in [-0.4, -0.2) is 61.0 Å². The lowest BCUT2D eigenvalue weighted by Gasteiger charge is -2.37. The average Bonchev–Trinajstić information content (AvgIpc) is 2.78. The summed E-state index contributed by atoms with van der Waals surface area (Å²) >= 11 is 0. The standard InChI is InChI=1S/C20H23F3N6O.HI/c1-2-24-20(29-11-9-28(10-12-29)16-5-3-4-8-25-16)26-13-17(30)27-15-7-6-14(21)18(22)19(15)23;/h3-8H,2,9-13H2,1H3,(H,24,26)(H,27,30);1H. The number of carbonyl (C=O) groups is 1. The van der Waals surface area contributed by atoms with Crippen LogP contribution in [-0.2, 0) is 4.79 Å². The molecule has 31 heavy (non-hydrogen) atoms. The average molecular weight is 548 g/mol. The number of halogens is 4. The topological polar surface area (TPSA) is 72.9 Å². The molecule has 2 N–H and O–H groups in total. The number of benzene rings is 1. The molecule has 1 saturated heterocycles. The van der Waals surface area contributed by atoms with Gasteiger partial charge in [-0.3, -0.25) is 4.79 Å². The molecule has 1 aromatic carbocycles. The summed E-state index contributed by atoms with van der Waals surface area (Å²) in [5.74, 6) is -3.56. The van der Waals surface area contributed by atoms with Crippen LogP contribution in [0.5, 0.6) is 0 Å². The van der Waals surface area contributed by atoms with Gasteiger partial charge in [-0.05, 0) is 31.2 Å². The van der Waals surface area contributed by atoms with Crippen LogP contribution in [0.1, 0.15) is 6.92 Å². The fourth-order valence-electron chi connectivity index (χ4n) is 3.07. The molecule has 0 saturated carbocycles. The Balaban J connectivity index is 0.00000341. The molecule has 0 bridgehead atoms. The number of amides is 1. The van der Waals surface area contributed by atoms with Crippen molar-refractivity contribution in [3.05, 3.63) is 54.0 Å². The maximum Gasteiger partial charge on any atom is 0.246 e. The number of aliphatic imine (C=N–C) groups is 1. The second-order valence-electron chi connectivity index (χ2n) is 6.60. The highest BCUT2D eigenvalue weighted by atomic mass is 127. The number of nitrogens with one attached hydrogen (secondary N) is 2. The number of nitrogens with zero attached hydrogens (tertiary/aromatic N) is 4. The van der Waals surface area contributed by atoms with Crippen molar-refractivity contribution < 1.29 is 18.0 Å². The SMILES string of the molecule is CCNC(=NCC(=O)Nc1ccc(F)c(F)c1F)N1CCN(c2ccccn2)CC1.I. The van der Waals surface area contributed by atoms with Crippen molar-refractivity contribution in [3.63, 3.8) is 0 Å². The van der Waals surface area contributed by atoms with Crippen LogP contribution in [0.2, 0.25) is 0 Å². The summed E-state index contributed by atoms with van der Waals surface area (Å²) in [7, 11) is 0. The Morgan fingerprint density at radius 3 is 2.48 bits per heavy atom. The molecule has 0 aliphatic carbocycles. The van der Waals surface area contributed by atoms with E-state index >= 15 is 0 Å². The molecular formula is C20H24F3IN6O. The number of pyridine rings is 1. The van der Waals surface area contributed by atoms with Gasteiger partial charge in [0.15, 0.2) is 23.4 Å². The number of anilines is 2. The quantitative estimate of drug-likeness (QED) is 0.261. The van der Waals surface area contributed by atoms with Crippen molar-refractivity contribution >= 4 is 47.3 Å². The van der Waals surface area contributed by atoms with Crippen LogP contribution in [0, 0.1) is 17.5 Å². The Labute approximate surface area is 195 Å². The first-order valence-corrected chi connectivity index (χ1v) is 9.62. The van der Waals surface area contributed by atoms with Gasteiger partial charge >= 0.3 is 0 Å². The summed E-state index contributed by atoms with van der Waals surface area (Å²) in [5.41, 5.74) is -0.428. The Morgan fingerprint density at radius 2 is 1.84 bits per heavy atom. The lowest BCUT2D eigenvalue weighted by atomic mass is 10.2. The van der Waals surface area contributed by atoms with Gasteiger partial charge in [0.05, 0.1) is 5.69 Å². The molecule has 168 valence electrons. The second-order valence-corrected chi connectivity index (χ2v) is 6.60. The smallest absolute Gasteiger partial charge is 0.246 e. The third-order valence-electron chi connectivity index (χ3n) is 4.57. The maximum atomic E-state index is 13.7. The zero-order chi connectivity index (χ0) is 21.5. The molecule has 0 spiro atoms. The molecule has 1 aliphatic rings. The summed E-state index contributed by atoms with van der Waals surface area (Å²) < 4.78 is 40.0. The number of rotatable bonds is 5. The summed E-state index contributed by atoms with van der Waals surface area (Å²) in [5, 5.41) is 5.35. The van der Waals surface area contributed by atoms with Gasteiger partial charge in [0.1, 0.15) is 12.4 Å². The molecule has 11 heteroatoms. The van der Waals surface area contributed by atoms with E-state index in [2.05, 4.69) is 25.5 Å². The van der Waals surface area contributed by atoms with Crippen molar-refractivity contribution in [1.29, 1.82) is 0 Å². The largest absolute Gasteiger partial charge is 0.357 e. The van der Waals surface area contributed by atoms with Gasteiger partial charge in [-0.2, -0.15) is 0 Å². The highest BCUT2D eigenvalue weighted by Gasteiger charge is 2.21. The number of carbonyl (C=O) groups excluding carboxylic acids is 1. The van der Waals surface area contributed by atoms with Gasteiger partial charge in [0.2, 0.25) is 5.91 Å². The fourth-order valence-corrected chi connectivity index (χ4v) is 3.07. The number of aromatic nitrogens is 1. The molecular weight excluding hydrogens is 524 g/mol. The maximum absolute atomic E-state index is 13.7. The highest BCUT2D eigenvalue weighted by Crippen LogP contribution is 2.19. The lowest BCUT2D eigenvalue weighted by molar-refractivity contribution is -0.114. The molecule has 3 rings (SSSR count). The van der Waals surface area contributed by atoms with Crippen LogP contribution in [0.15, 0.2) is 41.5 Å². The van der Waals surface area contributed by atoms with Crippen LogP contribution in [0.25, 0.3) is 0 Å². The molecule has 0 unspecified atom stereocenters. The minimum absolute atomic E-state index is 0. The lowest BCUT2D eigenvalue weighted by Crippen LogP contribution is -2.53. The van der Waals surface area contributed by atoms with Crippen LogP contribution in [0.4, 0.5) is 24.7 Å². The third-order valence-corrected chi connectivity index (χ3v) is 4.57. The van der Waals surface area contributed by atoms with Crippen molar-refractivity contribution in [2.75, 3.05) is 49.5 Å². The zero-order valence-corrected chi connectivity index (χ0v) is 19.3. The fraction of sp³-hybridized carbons (Fsp3) is 0.350. The number of piperazine rings is 1. The number of hydrogen-bond donors (Lipinski definition) is 2. The number of guanidine groups is 1. The Morgan fingerprint density at radius 1 is 1.10 bits per heavy atom. The van der Waals surface area contributed by atoms with E-state index in [9.17, 15) is 18.0 Å². The highest BCUT2D eigenvalue weighted by molar-refractivity contribution is 14.0. The molecule has 1 fully saturated rings. The van der Waals surface area contributed by atoms with Crippen molar-refractivity contribution in [3.8, 4) is 0 Å². The zero-order valence-electron chi connectivity index (χ0n) is 16.9. The van der Waals surface area contributed by atoms with E-state index in [1.54, 1.807) is 6.20 Å². The van der Waals surface area contributed by atoms with Gasteiger partial charge in [-0.15, -0.1) is 24.0 Å². The van der Waals surface area contributed by atoms with E-state index < -0.39 is 29.0 Å².